The van der Waals surface area contributed by atoms with Gasteiger partial charge in [0.05, 0.1) is 67.8 Å². The van der Waals surface area contributed by atoms with E-state index >= 15 is 0 Å². The van der Waals surface area contributed by atoms with Crippen LogP contribution in [0.4, 0.5) is 0 Å². The third kappa shape index (κ3) is 6.75. The fourth-order valence-corrected chi connectivity index (χ4v) is 11.1. The molecule has 1 radical (unpaired) electrons. The van der Waals surface area contributed by atoms with Crippen LogP contribution >= 0.6 is 93.0 Å². The minimum Gasteiger partial charge on any atom is -0.744 e. The number of fused-ring (bicyclic) bond motifs is 8. The van der Waals surface area contributed by atoms with E-state index in [0.29, 0.717) is 4.09 Å². The SMILES string of the molecule is O=S(=O)([O-])c1c(S(=O)(=O)[O-])c2c(S(=O)(=O)[O-])c3nc(c(Cl)c4c(Cl)c(Cl)c(c(Cl)c5nc(cc1n2S(=O)(=O)[O-])C=C5Cl)n4Cl)C(Cl)=C3Cl.[Mn]. The van der Waals surface area contributed by atoms with Crippen molar-refractivity contribution in [2.24, 2.45) is 0 Å². The van der Waals surface area contributed by atoms with E-state index in [1.54, 1.807) is 0 Å². The van der Waals surface area contributed by atoms with Gasteiger partial charge in [-0.1, -0.05) is 81.2 Å². The first kappa shape index (κ1) is 40.8. The molecule has 3 aromatic rings. The molecule has 0 aliphatic carbocycles. The van der Waals surface area contributed by atoms with Gasteiger partial charge in [-0.25, -0.2) is 51.7 Å². The molecular formula is C20H2Cl8MnN4O12S4-4. The van der Waals surface area contributed by atoms with Crippen LogP contribution in [0, 0.1) is 0 Å². The minimum absolute atomic E-state index is 0. The van der Waals surface area contributed by atoms with Gasteiger partial charge in [-0.05, 0) is 12.1 Å². The zero-order valence-electron chi connectivity index (χ0n) is 21.9. The van der Waals surface area contributed by atoms with Gasteiger partial charge in [0.1, 0.15) is 57.2 Å². The summed E-state index contributed by atoms with van der Waals surface area (Å²) in [5.41, 5.74) is -8.54. The summed E-state index contributed by atoms with van der Waals surface area (Å²) in [6.07, 6.45) is 0.783. The second kappa shape index (κ2) is 13.2. The molecule has 0 fully saturated rings. The van der Waals surface area contributed by atoms with Crippen molar-refractivity contribution in [1.82, 2.24) is 18.0 Å². The van der Waals surface area contributed by atoms with Crippen molar-refractivity contribution in [2.45, 2.75) is 14.7 Å². The summed E-state index contributed by atoms with van der Waals surface area (Å²) in [4.78, 5) is 0.577. The molecule has 3 aromatic heterocycles. The van der Waals surface area contributed by atoms with E-state index < -0.39 is 139 Å². The topological polar surface area (TPSA) is 264 Å². The van der Waals surface area contributed by atoms with Gasteiger partial charge in [0.15, 0.2) is 10.3 Å². The van der Waals surface area contributed by atoms with Gasteiger partial charge in [0, 0.05) is 28.8 Å². The molecule has 5 rings (SSSR count). The van der Waals surface area contributed by atoms with Gasteiger partial charge in [0.2, 0.25) is 0 Å². The van der Waals surface area contributed by atoms with Gasteiger partial charge in [-0.3, -0.25) is 0 Å². The molecule has 0 aromatic carbocycles. The quantitative estimate of drug-likeness (QED) is 0.248. The van der Waals surface area contributed by atoms with Crippen LogP contribution in [0.5, 0.6) is 0 Å². The van der Waals surface area contributed by atoms with Gasteiger partial charge < -0.3 is 18.2 Å². The molecule has 0 saturated heterocycles. The van der Waals surface area contributed by atoms with Crippen molar-refractivity contribution in [1.29, 1.82) is 0 Å². The maximum Gasteiger partial charge on any atom is 0.188 e. The predicted octanol–water partition coefficient (Wildman–Crippen LogP) is 4.94. The Bertz CT molecular complexity index is 2770. The molecule has 2 aliphatic heterocycles. The standard InChI is InChI=1S/C20H6Cl8N4O12S4.Mn/c21-4-1-3-2-5-18(45(33,34)35)20(47(39,40)41)17(32(5)48(42,43)44)19(46(36,37)38)14-7(23)6(22)13(30-14)11(27)16-9(25)8(24)15(31(16)28)10(26)12(4)29-3;/h1-2H,(H,33,34,35)(H,36,37,38)(H,39,40,41)(H,42,43,44);/p-4. The Morgan fingerprint density at radius 2 is 1.02 bits per heavy atom. The Labute approximate surface area is 324 Å². The molecule has 265 valence electrons. The summed E-state index contributed by atoms with van der Waals surface area (Å²) in [5, 5.41) is -4.68. The second-order valence-electron chi connectivity index (χ2n) is 9.00. The molecule has 16 nitrogen and oxygen atoms in total. The molecule has 0 amide bonds. The second-order valence-corrected chi connectivity index (χ2v) is 17.2. The van der Waals surface area contributed by atoms with Crippen molar-refractivity contribution >= 4 is 177 Å². The fraction of sp³-hybridized carbons (Fsp3) is 0. The Kier molecular flexibility index (Phi) is 11.0. The fourth-order valence-electron chi connectivity index (χ4n) is 4.48. The Morgan fingerprint density at radius 1 is 0.571 bits per heavy atom. The summed E-state index contributed by atoms with van der Waals surface area (Å²) >= 11 is 50.7. The number of hydrogen-bond acceptors (Lipinski definition) is 14. The van der Waals surface area contributed by atoms with E-state index in [0.717, 1.165) is 6.08 Å². The number of halogens is 8. The van der Waals surface area contributed by atoms with Gasteiger partial charge in [0.25, 0.3) is 0 Å². The summed E-state index contributed by atoms with van der Waals surface area (Å²) in [6.45, 7) is 0. The number of hydrogen-bond donors (Lipinski definition) is 0. The first-order valence-corrected chi connectivity index (χ1v) is 19.8. The monoisotopic (exact) mass is 953 g/mol. The Hall–Kier alpha value is -0.921. The Balaban J connectivity index is 0.00000541. The van der Waals surface area contributed by atoms with E-state index in [9.17, 15) is 51.9 Å². The van der Waals surface area contributed by atoms with Crippen LogP contribution in [-0.2, 0) is 57.7 Å². The van der Waals surface area contributed by atoms with Crippen molar-refractivity contribution in [3.8, 4) is 0 Å². The first-order chi connectivity index (χ1) is 21.7. The average molecular weight is 957 g/mol. The van der Waals surface area contributed by atoms with Crippen LogP contribution in [-0.4, -0.2) is 69.9 Å². The largest absolute Gasteiger partial charge is 0.744 e. The molecule has 0 N–H and O–H groups in total. The molecule has 0 atom stereocenters. The van der Waals surface area contributed by atoms with Gasteiger partial charge in [-0.15, -0.1) is 0 Å². The summed E-state index contributed by atoms with van der Waals surface area (Å²) in [6, 6.07) is 0.210. The molecular weight excluding hydrogens is 955 g/mol. The van der Waals surface area contributed by atoms with E-state index in [1.807, 2.05) is 0 Å². The first-order valence-electron chi connectivity index (χ1n) is 11.2. The molecule has 49 heavy (non-hydrogen) atoms. The van der Waals surface area contributed by atoms with Crippen LogP contribution in [0.3, 0.4) is 0 Å². The van der Waals surface area contributed by atoms with E-state index in [4.69, 9.17) is 93.0 Å². The van der Waals surface area contributed by atoms with Crippen LogP contribution in [0.15, 0.2) is 20.8 Å². The van der Waals surface area contributed by atoms with Gasteiger partial charge >= 0.3 is 0 Å². The maximum atomic E-state index is 12.8. The molecule has 0 unspecified atom stereocenters. The van der Waals surface area contributed by atoms with E-state index in [1.165, 1.54) is 0 Å². The van der Waals surface area contributed by atoms with Crippen LogP contribution in [0.25, 0.3) is 43.2 Å². The smallest absolute Gasteiger partial charge is 0.188 e. The van der Waals surface area contributed by atoms with Crippen molar-refractivity contribution in [2.75, 3.05) is 0 Å². The van der Waals surface area contributed by atoms with Crippen LogP contribution in [0.2, 0.25) is 20.1 Å². The van der Waals surface area contributed by atoms with E-state index in [2.05, 4.69) is 9.97 Å². The minimum atomic E-state index is -6.56. The van der Waals surface area contributed by atoms with Crippen LogP contribution < -0.4 is 0 Å². The van der Waals surface area contributed by atoms with Gasteiger partial charge in [-0.2, -0.15) is 0 Å². The maximum absolute atomic E-state index is 12.8. The zero-order valence-corrected chi connectivity index (χ0v) is 32.4. The normalized spacial score (nSPS) is 14.2. The third-order valence-electron chi connectivity index (χ3n) is 6.17. The van der Waals surface area contributed by atoms with Crippen LogP contribution in [0.1, 0.15) is 22.8 Å². The van der Waals surface area contributed by atoms with Crippen molar-refractivity contribution < 1.29 is 69.0 Å². The molecule has 5 heterocycles. The molecule has 2 aliphatic rings. The number of aromatic nitrogens is 4. The molecule has 29 heteroatoms. The van der Waals surface area contributed by atoms with E-state index in [-0.39, 0.29) is 23.1 Å². The summed E-state index contributed by atoms with van der Waals surface area (Å²) < 4.78 is 151. The summed E-state index contributed by atoms with van der Waals surface area (Å²) in [7, 11) is -25.9. The van der Waals surface area contributed by atoms with Crippen molar-refractivity contribution in [3.63, 3.8) is 0 Å². The zero-order chi connectivity index (χ0) is 36.4. The Morgan fingerprint density at radius 3 is 1.47 bits per heavy atom. The summed E-state index contributed by atoms with van der Waals surface area (Å²) in [5.74, 6) is 0. The molecule has 0 spiro atoms. The molecule has 0 saturated carbocycles. The van der Waals surface area contributed by atoms with Crippen molar-refractivity contribution in [3.05, 3.63) is 48.9 Å². The average Bonchev–Trinajstić information content (AvgIpc) is 3.59. The predicted molar refractivity (Wildman–Crippen MR) is 171 cm³/mol. The third-order valence-corrected chi connectivity index (χ3v) is 12.8. The number of nitrogens with zero attached hydrogens (tertiary/aromatic N) is 4. The number of rotatable bonds is 4. The molecule has 8 bridgehead atoms.